The number of carbonyl (C=O) groups excluding carboxylic acids is 3. The first-order valence-corrected chi connectivity index (χ1v) is 20.0. The Morgan fingerprint density at radius 2 is 1.29 bits per heavy atom. The second-order valence-corrected chi connectivity index (χ2v) is 17.7. The molecule has 2 aromatic carbocycles. The fourth-order valence-corrected chi connectivity index (χ4v) is 6.12. The summed E-state index contributed by atoms with van der Waals surface area (Å²) in [7, 11) is 0. The minimum absolute atomic E-state index is 0.0165. The van der Waals surface area contributed by atoms with Crippen LogP contribution in [0.5, 0.6) is 0 Å². The smallest absolute Gasteiger partial charge is 0.416 e. The number of carbonyl (C=O) groups is 3. The van der Waals surface area contributed by atoms with Gasteiger partial charge < -0.3 is 31.2 Å². The lowest BCUT2D eigenvalue weighted by Crippen LogP contribution is -2.46. The van der Waals surface area contributed by atoms with Gasteiger partial charge in [-0.05, 0) is 134 Å². The fourth-order valence-electron chi connectivity index (χ4n) is 6.12. The van der Waals surface area contributed by atoms with Crippen LogP contribution in [0.15, 0.2) is 85.2 Å². The van der Waals surface area contributed by atoms with Gasteiger partial charge in [0.1, 0.15) is 17.5 Å². The van der Waals surface area contributed by atoms with E-state index in [0.717, 1.165) is 48.6 Å². The van der Waals surface area contributed by atoms with Gasteiger partial charge in [-0.2, -0.15) is 0 Å². The molecule has 2 aliphatic rings. The summed E-state index contributed by atoms with van der Waals surface area (Å²) in [5, 5.41) is 9.91. The van der Waals surface area contributed by atoms with Gasteiger partial charge in [-0.1, -0.05) is 36.4 Å². The molecule has 58 heavy (non-hydrogen) atoms. The van der Waals surface area contributed by atoms with Gasteiger partial charge >= 0.3 is 12.1 Å². The van der Waals surface area contributed by atoms with Gasteiger partial charge in [-0.3, -0.25) is 9.78 Å². The molecule has 0 spiro atoms. The number of ether oxygens (including phenoxy) is 2. The van der Waals surface area contributed by atoms with Crippen molar-refractivity contribution < 1.29 is 23.9 Å². The number of hydrogen-bond donors (Lipinski definition) is 4. The van der Waals surface area contributed by atoms with Gasteiger partial charge in [-0.15, -0.1) is 0 Å². The zero-order chi connectivity index (χ0) is 42.7. The van der Waals surface area contributed by atoms with Crippen molar-refractivity contribution in [2.45, 2.75) is 124 Å². The number of benzene rings is 2. The minimum atomic E-state index is -0.718. The Balaban J connectivity index is 0.000000201. The first kappa shape index (κ1) is 45.4. The molecule has 0 saturated carbocycles. The zero-order valence-electron chi connectivity index (χ0n) is 35.9. The van der Waals surface area contributed by atoms with E-state index in [2.05, 4.69) is 85.7 Å². The first-order valence-electron chi connectivity index (χ1n) is 20.0. The lowest BCUT2D eigenvalue weighted by molar-refractivity contribution is -0.144. The molecule has 2 amide bonds. The molecule has 0 bridgehead atoms. The Morgan fingerprint density at radius 3 is 1.83 bits per heavy atom. The Labute approximate surface area is 344 Å². The van der Waals surface area contributed by atoms with Gasteiger partial charge in [0.2, 0.25) is 5.91 Å². The van der Waals surface area contributed by atoms with Crippen LogP contribution in [0, 0.1) is 5.92 Å². The Kier molecular flexibility index (Phi) is 15.6. The highest BCUT2D eigenvalue weighted by Crippen LogP contribution is 2.32. The van der Waals surface area contributed by atoms with Crippen LogP contribution in [0.25, 0.3) is 0 Å². The molecule has 1 aliphatic carbocycles. The van der Waals surface area contributed by atoms with Crippen LogP contribution >= 0.6 is 0 Å². The number of hydrogen-bond acceptors (Lipinski definition) is 10. The molecule has 4 aromatic rings. The second-order valence-electron chi connectivity index (χ2n) is 17.7. The maximum absolute atomic E-state index is 12.5. The topological polar surface area (TPSA) is 161 Å². The Morgan fingerprint density at radius 1 is 0.741 bits per heavy atom. The van der Waals surface area contributed by atoms with E-state index in [-0.39, 0.29) is 29.5 Å². The number of pyridine rings is 2. The molecule has 6 rings (SSSR count). The number of aromatic nitrogens is 2. The van der Waals surface area contributed by atoms with E-state index in [4.69, 9.17) is 15.2 Å². The molecule has 12 heteroatoms. The first-order chi connectivity index (χ1) is 27.2. The van der Waals surface area contributed by atoms with Crippen LogP contribution < -0.4 is 26.6 Å². The van der Waals surface area contributed by atoms with Gasteiger partial charge in [0.15, 0.2) is 0 Å². The van der Waals surface area contributed by atoms with E-state index in [1.165, 1.54) is 21.6 Å². The van der Waals surface area contributed by atoms with Crippen LogP contribution in [0.3, 0.4) is 0 Å². The fraction of sp³-hybridized carbons (Fsp3) is 0.457. The summed E-state index contributed by atoms with van der Waals surface area (Å²) in [6, 6.07) is 22.9. The monoisotopic (exact) mass is 793 g/mol. The summed E-state index contributed by atoms with van der Waals surface area (Å²) in [5.74, 6) is 0.0804. The zero-order valence-corrected chi connectivity index (χ0v) is 35.9. The third-order valence-electron chi connectivity index (χ3n) is 9.08. The van der Waals surface area contributed by atoms with Crippen molar-refractivity contribution in [2.75, 3.05) is 22.6 Å². The van der Waals surface area contributed by atoms with E-state index >= 15 is 0 Å². The summed E-state index contributed by atoms with van der Waals surface area (Å²) in [5.41, 5.74) is 12.4. The highest BCUT2D eigenvalue weighted by atomic mass is 16.6. The summed E-state index contributed by atoms with van der Waals surface area (Å²) < 4.78 is 10.4. The van der Waals surface area contributed by atoms with Crippen molar-refractivity contribution in [3.63, 3.8) is 0 Å². The lowest BCUT2D eigenvalue weighted by Gasteiger charge is -2.27. The molecule has 2 unspecified atom stereocenters. The number of nitrogens with zero attached hydrogens (tertiary/aromatic N) is 3. The van der Waals surface area contributed by atoms with Crippen molar-refractivity contribution in [3.05, 3.63) is 113 Å². The molecule has 1 aliphatic heterocycles. The molecule has 3 heterocycles. The van der Waals surface area contributed by atoms with Crippen LogP contribution in [0.1, 0.15) is 97.2 Å². The quantitative estimate of drug-likeness (QED) is 0.102. The number of nitrogen functional groups attached to an aromatic ring is 1. The molecular formula is C46H63N7O5. The SMILES string of the molecule is CC(C)(C)NCc1ccc(N)cc1.CC(C)(C)NCc1ccc(NC(=O)C2Cc3cccnc3C2)cc1.CCOC(=O)C1Cc2cccnc2N1C(=O)OC(C)(C)C. The number of nitrogens with two attached hydrogens (primary N) is 1. The van der Waals surface area contributed by atoms with Crippen LogP contribution in [-0.4, -0.2) is 57.3 Å². The average Bonchev–Trinajstić information content (AvgIpc) is 3.77. The van der Waals surface area contributed by atoms with Crippen molar-refractivity contribution >= 4 is 35.2 Å². The van der Waals surface area contributed by atoms with Gasteiger partial charge in [0.25, 0.3) is 0 Å². The molecule has 2 aromatic heterocycles. The molecule has 0 radical (unpaired) electrons. The predicted octanol–water partition coefficient (Wildman–Crippen LogP) is 7.79. The maximum Gasteiger partial charge on any atom is 0.416 e. The van der Waals surface area contributed by atoms with E-state index in [0.29, 0.717) is 12.2 Å². The van der Waals surface area contributed by atoms with E-state index < -0.39 is 23.7 Å². The Hall–Kier alpha value is -5.33. The van der Waals surface area contributed by atoms with Crippen LogP contribution in [-0.2, 0) is 51.4 Å². The van der Waals surface area contributed by atoms with Crippen LogP contribution in [0.4, 0.5) is 22.0 Å². The third-order valence-corrected chi connectivity index (χ3v) is 9.08. The van der Waals surface area contributed by atoms with E-state index in [1.54, 1.807) is 46.2 Å². The molecule has 0 saturated heterocycles. The number of fused-ring (bicyclic) bond motifs is 2. The standard InChI is InChI=1S/C20H25N3O.C15H20N2O4.C11H18N2/c1-20(2,3)22-13-14-6-8-17(9-7-14)23-19(24)16-11-15-5-4-10-21-18(15)12-16;1-5-20-13(18)11-9-10-7-6-8-16-12(10)17(11)14(19)21-15(2,3)4;1-11(2,3)13-8-9-4-6-10(12)7-5-9/h4-10,16,22H,11-13H2,1-3H3,(H,23,24);6-8,11H,5,9H2,1-4H3;4-7,13H,8,12H2,1-3H3. The van der Waals surface area contributed by atoms with Crippen molar-refractivity contribution in [2.24, 2.45) is 5.92 Å². The number of esters is 1. The largest absolute Gasteiger partial charge is 0.464 e. The highest BCUT2D eigenvalue weighted by Gasteiger charge is 2.42. The lowest BCUT2D eigenvalue weighted by atomic mass is 10.1. The van der Waals surface area contributed by atoms with Crippen molar-refractivity contribution in [1.82, 2.24) is 20.6 Å². The second kappa shape index (κ2) is 19.9. The summed E-state index contributed by atoms with van der Waals surface area (Å²) >= 11 is 0. The highest BCUT2D eigenvalue weighted by molar-refractivity contribution is 5.98. The van der Waals surface area contributed by atoms with E-state index in [9.17, 15) is 14.4 Å². The van der Waals surface area contributed by atoms with Gasteiger partial charge in [0.05, 0.1) is 6.61 Å². The van der Waals surface area contributed by atoms with Crippen molar-refractivity contribution in [3.8, 4) is 0 Å². The number of rotatable bonds is 8. The Bertz CT molecular complexity index is 1940. The average molecular weight is 794 g/mol. The molecule has 12 nitrogen and oxygen atoms in total. The molecule has 0 fully saturated rings. The van der Waals surface area contributed by atoms with Gasteiger partial charge in [-0.25, -0.2) is 19.5 Å². The van der Waals surface area contributed by atoms with Crippen LogP contribution in [0.2, 0.25) is 0 Å². The number of anilines is 3. The number of amides is 2. The summed E-state index contributed by atoms with van der Waals surface area (Å²) in [6.45, 7) is 22.0. The molecule has 5 N–H and O–H groups in total. The summed E-state index contributed by atoms with van der Waals surface area (Å²) in [6.07, 6.45) is 4.70. The number of nitrogens with one attached hydrogen (secondary N) is 3. The third kappa shape index (κ3) is 14.6. The molecular weight excluding hydrogens is 731 g/mol. The maximum atomic E-state index is 12.5. The normalized spacial score (nSPS) is 15.8. The van der Waals surface area contributed by atoms with Gasteiger partial charge in [0, 0.05) is 72.4 Å². The molecule has 2 atom stereocenters. The summed E-state index contributed by atoms with van der Waals surface area (Å²) in [4.78, 5) is 46.8. The molecule has 312 valence electrons. The minimum Gasteiger partial charge on any atom is -0.464 e. The predicted molar refractivity (Wildman–Crippen MR) is 231 cm³/mol. The van der Waals surface area contributed by atoms with E-state index in [1.807, 2.05) is 48.5 Å². The van der Waals surface area contributed by atoms with Crippen molar-refractivity contribution in [1.29, 1.82) is 0 Å².